The van der Waals surface area contributed by atoms with Gasteiger partial charge in [0.15, 0.2) is 11.6 Å². The molecular formula is C16H11ClF5N3O3S. The predicted molar refractivity (Wildman–Crippen MR) is 94.8 cm³/mol. The molecular weight excluding hydrogens is 445 g/mol. The third-order valence-electron chi connectivity index (χ3n) is 3.74. The highest BCUT2D eigenvalue weighted by Crippen LogP contribution is 2.36. The maximum atomic E-state index is 14.1. The first kappa shape index (κ1) is 21.1. The lowest BCUT2D eigenvalue weighted by molar-refractivity contribution is 0.0815. The Morgan fingerprint density at radius 1 is 1.24 bits per heavy atom. The van der Waals surface area contributed by atoms with Crippen molar-refractivity contribution in [2.24, 2.45) is 0 Å². The molecule has 29 heavy (non-hydrogen) atoms. The summed E-state index contributed by atoms with van der Waals surface area (Å²) in [6, 6.07) is 3.02. The highest BCUT2D eigenvalue weighted by Gasteiger charge is 2.25. The molecule has 0 unspecified atom stereocenters. The lowest BCUT2D eigenvalue weighted by Gasteiger charge is -2.10. The number of pyridine rings is 1. The summed E-state index contributed by atoms with van der Waals surface area (Å²) < 4.78 is 96.5. The van der Waals surface area contributed by atoms with Crippen LogP contribution >= 0.6 is 11.6 Å². The Bertz CT molecular complexity index is 1150. The molecule has 0 spiro atoms. The quantitative estimate of drug-likeness (QED) is 0.504. The summed E-state index contributed by atoms with van der Waals surface area (Å²) in [5.74, 6) is -2.24. The number of aromatic amines is 1. The molecule has 0 saturated carbocycles. The van der Waals surface area contributed by atoms with Gasteiger partial charge in [-0.15, -0.1) is 0 Å². The van der Waals surface area contributed by atoms with Gasteiger partial charge in [-0.3, -0.25) is 4.72 Å². The van der Waals surface area contributed by atoms with Gasteiger partial charge >= 0.3 is 0 Å². The number of ether oxygens (including phenoxy) is 1. The second kappa shape index (κ2) is 8.03. The minimum atomic E-state index is -4.45. The van der Waals surface area contributed by atoms with Crippen LogP contribution in [0.15, 0.2) is 35.5 Å². The summed E-state index contributed by atoms with van der Waals surface area (Å²) in [6.07, 6.45) is -3.95. The monoisotopic (exact) mass is 455 g/mol. The molecule has 0 fully saturated rings. The highest BCUT2D eigenvalue weighted by molar-refractivity contribution is 7.93. The van der Waals surface area contributed by atoms with E-state index in [-0.39, 0.29) is 21.7 Å². The van der Waals surface area contributed by atoms with Crippen LogP contribution in [0.2, 0.25) is 5.02 Å². The van der Waals surface area contributed by atoms with E-state index in [1.165, 1.54) is 6.07 Å². The van der Waals surface area contributed by atoms with Gasteiger partial charge in [0.1, 0.15) is 17.3 Å². The zero-order chi connectivity index (χ0) is 21.3. The maximum Gasteiger partial charge on any atom is 0.272 e. The van der Waals surface area contributed by atoms with Crippen LogP contribution in [0.5, 0.6) is 5.75 Å². The average molecular weight is 456 g/mol. The zero-order valence-corrected chi connectivity index (χ0v) is 15.7. The highest BCUT2D eigenvalue weighted by atomic mass is 35.5. The maximum absolute atomic E-state index is 14.1. The number of nitrogens with one attached hydrogen (secondary N) is 2. The fraction of sp³-hybridized carbons (Fsp3) is 0.188. The Kier molecular flexibility index (Phi) is 5.85. The average Bonchev–Trinajstić information content (AvgIpc) is 3.06. The fourth-order valence-corrected chi connectivity index (χ4v) is 3.95. The fourth-order valence-electron chi connectivity index (χ4n) is 2.52. The number of benzene rings is 1. The lowest BCUT2D eigenvalue weighted by atomic mass is 10.1. The number of halogens is 6. The van der Waals surface area contributed by atoms with E-state index in [1.54, 1.807) is 0 Å². The van der Waals surface area contributed by atoms with Crippen molar-refractivity contribution in [3.8, 4) is 5.75 Å². The first-order valence-electron chi connectivity index (χ1n) is 7.77. The Hall–Kier alpha value is -2.60. The van der Waals surface area contributed by atoms with Crippen LogP contribution in [-0.2, 0) is 10.0 Å². The molecule has 2 aromatic heterocycles. The van der Waals surface area contributed by atoms with Crippen molar-refractivity contribution in [3.63, 3.8) is 0 Å². The van der Waals surface area contributed by atoms with Gasteiger partial charge in [0.2, 0.25) is 0 Å². The molecule has 2 heterocycles. The van der Waals surface area contributed by atoms with Crippen LogP contribution < -0.4 is 9.46 Å². The number of sulfonamides is 1. The SMILES string of the molecule is O=S(=O)(Nc1ncc(OCC(F)F)cc1F)c1c[nH]c2c(C(F)F)c(Cl)ccc12. The van der Waals surface area contributed by atoms with E-state index in [1.807, 2.05) is 4.72 Å². The van der Waals surface area contributed by atoms with Crippen molar-refractivity contribution >= 4 is 38.3 Å². The lowest BCUT2D eigenvalue weighted by Crippen LogP contribution is -2.15. The van der Waals surface area contributed by atoms with E-state index >= 15 is 0 Å². The molecule has 2 N–H and O–H groups in total. The van der Waals surface area contributed by atoms with Gasteiger partial charge in [0.05, 0.1) is 22.3 Å². The van der Waals surface area contributed by atoms with Gasteiger partial charge in [-0.25, -0.2) is 35.4 Å². The van der Waals surface area contributed by atoms with Crippen molar-refractivity contribution < 1.29 is 35.1 Å². The zero-order valence-electron chi connectivity index (χ0n) is 14.1. The number of hydrogen-bond acceptors (Lipinski definition) is 4. The number of hydrogen-bond donors (Lipinski definition) is 2. The van der Waals surface area contributed by atoms with Gasteiger partial charge in [-0.1, -0.05) is 11.6 Å². The molecule has 0 aliphatic rings. The Morgan fingerprint density at radius 3 is 2.59 bits per heavy atom. The molecule has 1 aromatic carbocycles. The smallest absolute Gasteiger partial charge is 0.272 e. The van der Waals surface area contributed by atoms with Gasteiger partial charge in [0.25, 0.3) is 22.9 Å². The van der Waals surface area contributed by atoms with E-state index in [0.717, 1.165) is 18.5 Å². The first-order chi connectivity index (χ1) is 13.6. The van der Waals surface area contributed by atoms with E-state index in [2.05, 4.69) is 14.7 Å². The normalized spacial score (nSPS) is 12.1. The minimum Gasteiger partial charge on any atom is -0.486 e. The van der Waals surface area contributed by atoms with Gasteiger partial charge in [-0.2, -0.15) is 0 Å². The van der Waals surface area contributed by atoms with Crippen LogP contribution in [0, 0.1) is 5.82 Å². The Morgan fingerprint density at radius 2 is 1.97 bits per heavy atom. The number of anilines is 1. The summed E-state index contributed by atoms with van der Waals surface area (Å²) in [7, 11) is -4.45. The second-order valence-corrected chi connectivity index (χ2v) is 7.70. The molecule has 0 bridgehead atoms. The predicted octanol–water partition coefficient (Wildman–Crippen LogP) is 4.74. The molecule has 0 amide bonds. The van der Waals surface area contributed by atoms with Gasteiger partial charge in [0, 0.05) is 17.6 Å². The number of nitrogens with zero attached hydrogens (tertiary/aromatic N) is 1. The number of rotatable bonds is 7. The van der Waals surface area contributed by atoms with Crippen molar-refractivity contribution in [2.75, 3.05) is 11.3 Å². The Labute approximate surface area is 165 Å². The summed E-state index contributed by atoms with van der Waals surface area (Å²) in [5, 5.41) is -0.340. The van der Waals surface area contributed by atoms with E-state index in [9.17, 15) is 30.4 Å². The topological polar surface area (TPSA) is 84.1 Å². The molecule has 3 aromatic rings. The van der Waals surface area contributed by atoms with Crippen LogP contribution in [0.1, 0.15) is 12.0 Å². The summed E-state index contributed by atoms with van der Waals surface area (Å²) in [6.45, 7) is -0.990. The molecule has 6 nitrogen and oxygen atoms in total. The molecule has 0 aliphatic carbocycles. The molecule has 0 saturated heterocycles. The van der Waals surface area contributed by atoms with Crippen LogP contribution in [0.4, 0.5) is 27.8 Å². The molecule has 156 valence electrons. The van der Waals surface area contributed by atoms with Crippen molar-refractivity contribution in [1.29, 1.82) is 0 Å². The number of H-pyrrole nitrogens is 1. The third-order valence-corrected chi connectivity index (χ3v) is 5.44. The largest absolute Gasteiger partial charge is 0.486 e. The van der Waals surface area contributed by atoms with E-state index < -0.39 is 51.6 Å². The summed E-state index contributed by atoms with van der Waals surface area (Å²) >= 11 is 5.75. The number of alkyl halides is 4. The molecule has 0 radical (unpaired) electrons. The van der Waals surface area contributed by atoms with Crippen LogP contribution in [-0.4, -0.2) is 31.4 Å². The molecule has 3 rings (SSSR count). The van der Waals surface area contributed by atoms with E-state index in [4.69, 9.17) is 11.6 Å². The number of aromatic nitrogens is 2. The third kappa shape index (κ3) is 4.37. The van der Waals surface area contributed by atoms with Crippen LogP contribution in [0.3, 0.4) is 0 Å². The Balaban J connectivity index is 1.94. The number of fused-ring (bicyclic) bond motifs is 1. The van der Waals surface area contributed by atoms with E-state index in [0.29, 0.717) is 6.07 Å². The van der Waals surface area contributed by atoms with Crippen molar-refractivity contribution in [2.45, 2.75) is 17.7 Å². The van der Waals surface area contributed by atoms with Crippen molar-refractivity contribution in [1.82, 2.24) is 9.97 Å². The van der Waals surface area contributed by atoms with Crippen molar-refractivity contribution in [3.05, 3.63) is 47.0 Å². The van der Waals surface area contributed by atoms with Gasteiger partial charge in [-0.05, 0) is 12.1 Å². The molecule has 0 aliphatic heterocycles. The molecule has 13 heteroatoms. The second-order valence-electron chi connectivity index (χ2n) is 5.65. The first-order valence-corrected chi connectivity index (χ1v) is 9.63. The summed E-state index contributed by atoms with van der Waals surface area (Å²) in [4.78, 5) is 5.50. The summed E-state index contributed by atoms with van der Waals surface area (Å²) in [5.41, 5.74) is -0.757. The van der Waals surface area contributed by atoms with Crippen LogP contribution in [0.25, 0.3) is 10.9 Å². The standard InChI is InChI=1S/C16H11ClF5N3O3S/c17-9-2-1-8-11(5-23-14(8)13(9)15(21)22)29(26,27)25-16-10(18)3-7(4-24-16)28-6-12(19)20/h1-5,12,15,23H,6H2,(H,24,25). The minimum absolute atomic E-state index is 0.0884. The molecule has 0 atom stereocenters. The van der Waals surface area contributed by atoms with Gasteiger partial charge < -0.3 is 9.72 Å².